The zero-order valence-corrected chi connectivity index (χ0v) is 17.0. The van der Waals surface area contributed by atoms with Gasteiger partial charge in [0.1, 0.15) is 23.0 Å². The van der Waals surface area contributed by atoms with E-state index < -0.39 is 0 Å². The van der Waals surface area contributed by atoms with Crippen molar-refractivity contribution in [1.29, 1.82) is 0 Å². The summed E-state index contributed by atoms with van der Waals surface area (Å²) in [6, 6.07) is 11.3. The maximum absolute atomic E-state index is 12.4. The maximum atomic E-state index is 12.4. The minimum absolute atomic E-state index is 0.0229. The number of amides is 1. The van der Waals surface area contributed by atoms with Crippen molar-refractivity contribution in [2.24, 2.45) is 0 Å². The van der Waals surface area contributed by atoms with E-state index in [-0.39, 0.29) is 42.5 Å². The molecule has 2 N–H and O–H groups in total. The average Bonchev–Trinajstić information content (AvgIpc) is 2.75. The fourth-order valence-corrected chi connectivity index (χ4v) is 3.00. The van der Waals surface area contributed by atoms with Gasteiger partial charge in [0.05, 0.1) is 25.5 Å². The smallest absolute Gasteiger partial charge is 0.270 e. The third-order valence-electron chi connectivity index (χ3n) is 4.35. The molecule has 30 heavy (non-hydrogen) atoms. The van der Waals surface area contributed by atoms with Gasteiger partial charge in [0.25, 0.3) is 5.91 Å². The van der Waals surface area contributed by atoms with Crippen molar-refractivity contribution >= 4 is 23.3 Å². The first kappa shape index (κ1) is 21.3. The van der Waals surface area contributed by atoms with Gasteiger partial charge in [-0.05, 0) is 48.0 Å². The molecule has 7 nitrogen and oxygen atoms in total. The first-order chi connectivity index (χ1) is 14.4. The Kier molecular flexibility index (Phi) is 6.98. The van der Waals surface area contributed by atoms with E-state index in [4.69, 9.17) is 16.3 Å². The number of nitrogens with one attached hydrogen (secondary N) is 1. The fourth-order valence-electron chi connectivity index (χ4n) is 2.80. The van der Waals surface area contributed by atoms with E-state index in [1.165, 1.54) is 12.3 Å². The molecule has 3 aromatic rings. The lowest BCUT2D eigenvalue weighted by Gasteiger charge is -2.07. The summed E-state index contributed by atoms with van der Waals surface area (Å²) in [5, 5.41) is 13.1. The Labute approximate surface area is 178 Å². The maximum Gasteiger partial charge on any atom is 0.270 e. The van der Waals surface area contributed by atoms with E-state index in [0.29, 0.717) is 27.6 Å². The van der Waals surface area contributed by atoms with Gasteiger partial charge in [-0.3, -0.25) is 19.6 Å². The molecule has 0 saturated heterocycles. The molecule has 2 heterocycles. The highest BCUT2D eigenvalue weighted by Crippen LogP contribution is 2.22. The summed E-state index contributed by atoms with van der Waals surface area (Å²) in [4.78, 5) is 33.1. The van der Waals surface area contributed by atoms with Crippen LogP contribution in [0.25, 0.3) is 0 Å². The minimum Gasteiger partial charge on any atom is -0.508 e. The van der Waals surface area contributed by atoms with E-state index in [1.807, 2.05) is 0 Å². The number of carbonyl (C=O) groups excluding carboxylic acids is 2. The molecule has 1 aromatic carbocycles. The van der Waals surface area contributed by atoms with Crippen LogP contribution in [0.1, 0.15) is 27.3 Å². The van der Waals surface area contributed by atoms with Crippen LogP contribution in [0.3, 0.4) is 0 Å². The topological polar surface area (TPSA) is 101 Å². The molecule has 154 valence electrons. The number of methoxy groups -OCH3 is 1. The number of ether oxygens (including phenoxy) is 1. The van der Waals surface area contributed by atoms with Crippen LogP contribution in [-0.2, 0) is 24.2 Å². The van der Waals surface area contributed by atoms with Crippen molar-refractivity contribution in [3.8, 4) is 11.5 Å². The van der Waals surface area contributed by atoms with Crippen molar-refractivity contribution in [1.82, 2.24) is 15.3 Å². The van der Waals surface area contributed by atoms with Gasteiger partial charge in [-0.15, -0.1) is 0 Å². The Bertz CT molecular complexity index is 1050. The summed E-state index contributed by atoms with van der Waals surface area (Å²) < 4.78 is 5.05. The number of halogens is 1. The predicted octanol–water partition coefficient (Wildman–Crippen LogP) is 3.13. The molecule has 3 rings (SSSR count). The average molecular weight is 426 g/mol. The number of nitrogens with zero attached hydrogens (tertiary/aromatic N) is 2. The molecule has 2 aromatic heterocycles. The molecule has 0 fully saturated rings. The first-order valence-corrected chi connectivity index (χ1v) is 9.53. The van der Waals surface area contributed by atoms with Crippen molar-refractivity contribution in [2.75, 3.05) is 7.11 Å². The summed E-state index contributed by atoms with van der Waals surface area (Å²) >= 11 is 5.92. The molecule has 0 bridgehead atoms. The zero-order chi connectivity index (χ0) is 21.5. The second-order valence-corrected chi connectivity index (χ2v) is 7.02. The number of ketones is 1. The highest BCUT2D eigenvalue weighted by atomic mass is 35.5. The zero-order valence-electron chi connectivity index (χ0n) is 16.3. The van der Waals surface area contributed by atoms with Gasteiger partial charge in [-0.2, -0.15) is 0 Å². The monoisotopic (exact) mass is 425 g/mol. The molecule has 0 spiro atoms. The number of hydrogen-bond acceptors (Lipinski definition) is 6. The van der Waals surface area contributed by atoms with Gasteiger partial charge in [0, 0.05) is 29.6 Å². The molecule has 0 aliphatic rings. The molecule has 0 radical (unpaired) electrons. The molecule has 0 atom stereocenters. The van der Waals surface area contributed by atoms with Gasteiger partial charge in [0.15, 0.2) is 0 Å². The number of hydrogen-bond donors (Lipinski definition) is 2. The van der Waals surface area contributed by atoms with Crippen LogP contribution in [0.5, 0.6) is 11.5 Å². The lowest BCUT2D eigenvalue weighted by molar-refractivity contribution is -0.117. The Hall–Kier alpha value is -3.45. The SMILES string of the molecule is COc1ccc(CNC(=O)c2cc(CC(=O)Cc3cc(Cl)ccc3O)ccn2)nc1. The van der Waals surface area contributed by atoms with E-state index in [2.05, 4.69) is 15.3 Å². The summed E-state index contributed by atoms with van der Waals surface area (Å²) in [7, 11) is 1.56. The number of aromatic hydroxyl groups is 1. The molecular formula is C22H20ClN3O4. The number of rotatable bonds is 8. The summed E-state index contributed by atoms with van der Waals surface area (Å²) in [6.45, 7) is 0.238. The second kappa shape index (κ2) is 9.84. The fraction of sp³-hybridized carbons (Fsp3) is 0.182. The van der Waals surface area contributed by atoms with Gasteiger partial charge >= 0.3 is 0 Å². The number of phenols is 1. The lowest BCUT2D eigenvalue weighted by Crippen LogP contribution is -2.24. The van der Waals surface area contributed by atoms with Crippen LogP contribution in [0.15, 0.2) is 54.9 Å². The highest BCUT2D eigenvalue weighted by Gasteiger charge is 2.12. The van der Waals surface area contributed by atoms with Crippen LogP contribution >= 0.6 is 11.6 Å². The first-order valence-electron chi connectivity index (χ1n) is 9.15. The van der Waals surface area contributed by atoms with Crippen LogP contribution in [0, 0.1) is 0 Å². The minimum atomic E-state index is -0.366. The lowest BCUT2D eigenvalue weighted by atomic mass is 10.0. The van der Waals surface area contributed by atoms with Crippen molar-refractivity contribution in [3.05, 3.63) is 82.4 Å². The van der Waals surface area contributed by atoms with Gasteiger partial charge in [-0.25, -0.2) is 0 Å². The quantitative estimate of drug-likeness (QED) is 0.575. The third-order valence-corrected chi connectivity index (χ3v) is 4.59. The Morgan fingerprint density at radius 2 is 1.93 bits per heavy atom. The largest absolute Gasteiger partial charge is 0.508 e. The standard InChI is InChI=1S/C22H20ClN3O4/c1-30-19-4-3-17(25-13-19)12-26-22(29)20-9-14(6-7-24-20)8-18(27)11-15-10-16(23)2-5-21(15)28/h2-7,9-10,13,28H,8,11-12H2,1H3,(H,26,29). The number of pyridine rings is 2. The van der Waals surface area contributed by atoms with Crippen molar-refractivity contribution in [2.45, 2.75) is 19.4 Å². The van der Waals surface area contributed by atoms with E-state index >= 15 is 0 Å². The van der Waals surface area contributed by atoms with Crippen LogP contribution in [-0.4, -0.2) is 33.9 Å². The van der Waals surface area contributed by atoms with E-state index in [1.54, 1.807) is 49.7 Å². The molecule has 0 unspecified atom stereocenters. The molecule has 1 amide bonds. The number of Topliss-reactive ketones (excluding diaryl/α,β-unsaturated/α-hetero) is 1. The molecular weight excluding hydrogens is 406 g/mol. The summed E-state index contributed by atoms with van der Waals surface area (Å²) in [5.74, 6) is 0.173. The van der Waals surface area contributed by atoms with Crippen LogP contribution < -0.4 is 10.1 Å². The predicted molar refractivity (Wildman–Crippen MR) is 112 cm³/mol. The van der Waals surface area contributed by atoms with Crippen LogP contribution in [0.2, 0.25) is 5.02 Å². The van der Waals surface area contributed by atoms with Crippen molar-refractivity contribution in [3.63, 3.8) is 0 Å². The molecule has 0 saturated carbocycles. The molecule has 0 aliphatic heterocycles. The van der Waals surface area contributed by atoms with Crippen molar-refractivity contribution < 1.29 is 19.4 Å². The second-order valence-electron chi connectivity index (χ2n) is 6.59. The Balaban J connectivity index is 1.59. The third kappa shape index (κ3) is 5.78. The van der Waals surface area contributed by atoms with Gasteiger partial charge in [0.2, 0.25) is 0 Å². The van der Waals surface area contributed by atoms with Gasteiger partial charge in [-0.1, -0.05) is 11.6 Å². The molecule has 8 heteroatoms. The number of phenolic OH excluding ortho intramolecular Hbond substituents is 1. The summed E-state index contributed by atoms with van der Waals surface area (Å²) in [5.41, 5.74) is 2.01. The Morgan fingerprint density at radius 1 is 1.10 bits per heavy atom. The number of benzene rings is 1. The number of carbonyl (C=O) groups is 2. The van der Waals surface area contributed by atoms with E-state index in [0.717, 1.165) is 0 Å². The van der Waals surface area contributed by atoms with E-state index in [9.17, 15) is 14.7 Å². The Morgan fingerprint density at radius 3 is 2.67 bits per heavy atom. The van der Waals surface area contributed by atoms with Crippen LogP contribution in [0.4, 0.5) is 0 Å². The molecule has 0 aliphatic carbocycles. The van der Waals surface area contributed by atoms with Gasteiger partial charge < -0.3 is 15.2 Å². The highest BCUT2D eigenvalue weighted by molar-refractivity contribution is 6.30. The number of aromatic nitrogens is 2. The summed E-state index contributed by atoms with van der Waals surface area (Å²) in [6.07, 6.45) is 3.21. The normalized spacial score (nSPS) is 10.5.